The number of rotatable bonds is 6. The van der Waals surface area contributed by atoms with Gasteiger partial charge in [-0.1, -0.05) is 44.9 Å². The lowest BCUT2D eigenvalue weighted by Crippen LogP contribution is -2.57. The van der Waals surface area contributed by atoms with Gasteiger partial charge in [0.15, 0.2) is 17.3 Å². The molecule has 2 aromatic carbocycles. The number of Topliss-reactive ketones (excluding diaryl/α,β-unsaturated/α-hetero) is 3. The zero-order valence-electron chi connectivity index (χ0n) is 27.4. The third-order valence-corrected chi connectivity index (χ3v) is 11.0. The van der Waals surface area contributed by atoms with E-state index in [-0.39, 0.29) is 41.0 Å². The van der Waals surface area contributed by atoms with Crippen LogP contribution in [0.4, 0.5) is 4.39 Å². The maximum atomic E-state index is 14.8. The summed E-state index contributed by atoms with van der Waals surface area (Å²) in [6, 6.07) is 7.47. The first kappa shape index (κ1) is 31.7. The summed E-state index contributed by atoms with van der Waals surface area (Å²) in [4.78, 5) is 54.2. The van der Waals surface area contributed by atoms with Crippen LogP contribution in [-0.4, -0.2) is 23.3 Å². The number of fused-ring (bicyclic) bond motifs is 3. The number of esters is 1. The van der Waals surface area contributed by atoms with Crippen molar-refractivity contribution in [1.29, 1.82) is 0 Å². The first-order valence-electron chi connectivity index (χ1n) is 15.6. The van der Waals surface area contributed by atoms with Gasteiger partial charge in [0, 0.05) is 23.0 Å². The van der Waals surface area contributed by atoms with Crippen molar-refractivity contribution >= 4 is 23.3 Å². The number of allylic oxidation sites excluding steroid dienone is 4. The second-order valence-corrected chi connectivity index (χ2v) is 14.3. The Labute approximate surface area is 260 Å². The molecule has 0 N–H and O–H groups in total. The normalized spacial score (nSPS) is 26.4. The molecule has 0 aliphatic heterocycles. The van der Waals surface area contributed by atoms with Gasteiger partial charge >= 0.3 is 5.97 Å². The molecule has 3 atom stereocenters. The van der Waals surface area contributed by atoms with E-state index in [1.807, 2.05) is 27.7 Å². The summed E-state index contributed by atoms with van der Waals surface area (Å²) in [5, 5.41) is 0. The quantitative estimate of drug-likeness (QED) is 0.191. The van der Waals surface area contributed by atoms with Gasteiger partial charge in [0.05, 0.1) is 11.0 Å². The third-order valence-electron chi connectivity index (χ3n) is 11.0. The maximum absolute atomic E-state index is 14.8. The highest BCUT2D eigenvalue weighted by Gasteiger charge is 2.63. The van der Waals surface area contributed by atoms with Crippen LogP contribution in [0.5, 0.6) is 5.75 Å². The van der Waals surface area contributed by atoms with E-state index >= 15 is 0 Å². The number of carbonyl (C=O) groups is 4. The van der Waals surface area contributed by atoms with E-state index in [1.165, 1.54) is 31.2 Å². The molecule has 3 aliphatic carbocycles. The molecule has 0 amide bonds. The Morgan fingerprint density at radius 1 is 1.00 bits per heavy atom. The van der Waals surface area contributed by atoms with Crippen LogP contribution < -0.4 is 4.74 Å². The third kappa shape index (κ3) is 4.72. The van der Waals surface area contributed by atoms with Gasteiger partial charge in [-0.15, -0.1) is 0 Å². The summed E-state index contributed by atoms with van der Waals surface area (Å²) in [6.07, 6.45) is 2.48. The molecular formula is C38H43FO5. The summed E-state index contributed by atoms with van der Waals surface area (Å²) in [6.45, 7) is 17.7. The predicted molar refractivity (Wildman–Crippen MR) is 168 cm³/mol. The van der Waals surface area contributed by atoms with Gasteiger partial charge in [-0.05, 0) is 118 Å². The fraction of sp³-hybridized carbons (Fsp3) is 0.474. The number of ketones is 3. The van der Waals surface area contributed by atoms with Crippen LogP contribution in [-0.2, 0) is 27.2 Å². The van der Waals surface area contributed by atoms with E-state index in [1.54, 1.807) is 0 Å². The Morgan fingerprint density at radius 2 is 1.64 bits per heavy atom. The highest BCUT2D eigenvalue weighted by atomic mass is 19.1. The molecule has 0 saturated carbocycles. The van der Waals surface area contributed by atoms with E-state index in [0.29, 0.717) is 36.8 Å². The Balaban J connectivity index is 1.58. The molecule has 0 saturated heterocycles. The topological polar surface area (TPSA) is 77.5 Å². The Kier molecular flexibility index (Phi) is 7.75. The Bertz CT molecular complexity index is 1690. The fourth-order valence-corrected chi connectivity index (χ4v) is 8.76. The van der Waals surface area contributed by atoms with Gasteiger partial charge in [-0.3, -0.25) is 19.2 Å². The van der Waals surface area contributed by atoms with Gasteiger partial charge in [-0.25, -0.2) is 4.39 Å². The summed E-state index contributed by atoms with van der Waals surface area (Å²) in [5.74, 6) is -0.841. The van der Waals surface area contributed by atoms with Crippen molar-refractivity contribution in [2.75, 3.05) is 0 Å². The number of aryl methyl sites for hydroxylation is 1. The van der Waals surface area contributed by atoms with Crippen molar-refractivity contribution in [3.8, 4) is 5.75 Å². The SMILES string of the molecule is CC(=O)C1=C(C)CC2(C)CC3(C)Cc4c(C(C)C)cc(CCC(=O)Oc5ccc(F)cc5)c(C)c4C(=O)C3=C(C)C2(C)C1=O. The number of halogens is 1. The Hall–Kier alpha value is -3.67. The second kappa shape index (κ2) is 10.7. The molecule has 3 aliphatic rings. The zero-order valence-corrected chi connectivity index (χ0v) is 27.4. The van der Waals surface area contributed by atoms with Crippen molar-refractivity contribution in [2.24, 2.45) is 16.2 Å². The minimum absolute atomic E-state index is 0.0480. The standard InChI is InChI=1S/C38H43FO5/c1-20(2)28-16-25(10-15-30(41)44-27-13-11-26(39)12-14-27)22(4)32-29(28)18-36(7)19-37(8)17-21(3)31(24(6)40)35(43)38(37,9)23(5)33(36)34(32)42/h11-14,16,20H,10,15,17-19H2,1-9H3. The van der Waals surface area contributed by atoms with Crippen molar-refractivity contribution in [3.05, 3.63) is 86.3 Å². The molecule has 0 aromatic heterocycles. The van der Waals surface area contributed by atoms with Crippen LogP contribution >= 0.6 is 0 Å². The first-order valence-corrected chi connectivity index (χ1v) is 15.6. The molecule has 3 unspecified atom stereocenters. The molecule has 5 rings (SSSR count). The van der Waals surface area contributed by atoms with E-state index in [9.17, 15) is 23.6 Å². The van der Waals surface area contributed by atoms with E-state index in [0.717, 1.165) is 33.4 Å². The molecular weight excluding hydrogens is 555 g/mol. The van der Waals surface area contributed by atoms with Crippen LogP contribution in [0, 0.1) is 29.0 Å². The van der Waals surface area contributed by atoms with E-state index < -0.39 is 28.0 Å². The van der Waals surface area contributed by atoms with Gasteiger partial charge in [0.25, 0.3) is 0 Å². The molecule has 6 heteroatoms. The monoisotopic (exact) mass is 598 g/mol. The van der Waals surface area contributed by atoms with Crippen molar-refractivity contribution in [2.45, 2.75) is 100 Å². The average Bonchev–Trinajstić information content (AvgIpc) is 2.91. The second-order valence-electron chi connectivity index (χ2n) is 14.3. The highest BCUT2D eigenvalue weighted by Crippen LogP contribution is 2.66. The van der Waals surface area contributed by atoms with Crippen LogP contribution in [0.1, 0.15) is 113 Å². The number of ether oxygens (including phenoxy) is 1. The van der Waals surface area contributed by atoms with Gasteiger partial charge < -0.3 is 4.74 Å². The summed E-state index contributed by atoms with van der Waals surface area (Å²) >= 11 is 0. The molecule has 44 heavy (non-hydrogen) atoms. The van der Waals surface area contributed by atoms with Crippen LogP contribution in [0.25, 0.3) is 0 Å². The summed E-state index contributed by atoms with van der Waals surface area (Å²) < 4.78 is 18.7. The fourth-order valence-electron chi connectivity index (χ4n) is 8.76. The van der Waals surface area contributed by atoms with Crippen LogP contribution in [0.2, 0.25) is 0 Å². The van der Waals surface area contributed by atoms with Gasteiger partial charge in [-0.2, -0.15) is 0 Å². The number of carbonyl (C=O) groups excluding carboxylic acids is 4. The van der Waals surface area contributed by atoms with Gasteiger partial charge in [0.2, 0.25) is 0 Å². The molecule has 0 spiro atoms. The van der Waals surface area contributed by atoms with E-state index in [4.69, 9.17) is 4.74 Å². The zero-order chi connectivity index (χ0) is 32.5. The lowest BCUT2D eigenvalue weighted by atomic mass is 9.42. The minimum atomic E-state index is -0.966. The summed E-state index contributed by atoms with van der Waals surface area (Å²) in [7, 11) is 0. The molecule has 0 heterocycles. The first-order chi connectivity index (χ1) is 20.4. The highest BCUT2D eigenvalue weighted by molar-refractivity contribution is 6.24. The predicted octanol–water partition coefficient (Wildman–Crippen LogP) is 8.15. The smallest absolute Gasteiger partial charge is 0.311 e. The van der Waals surface area contributed by atoms with Crippen molar-refractivity contribution in [1.82, 2.24) is 0 Å². The Morgan fingerprint density at radius 3 is 2.23 bits per heavy atom. The van der Waals surface area contributed by atoms with Crippen LogP contribution in [0.15, 0.2) is 52.6 Å². The average molecular weight is 599 g/mol. The number of hydrogen-bond acceptors (Lipinski definition) is 5. The summed E-state index contributed by atoms with van der Waals surface area (Å²) in [5.41, 5.74) is 5.33. The molecule has 0 bridgehead atoms. The number of benzene rings is 2. The largest absolute Gasteiger partial charge is 0.427 e. The van der Waals surface area contributed by atoms with Crippen molar-refractivity contribution < 1.29 is 28.3 Å². The molecule has 232 valence electrons. The minimum Gasteiger partial charge on any atom is -0.427 e. The maximum Gasteiger partial charge on any atom is 0.311 e. The van der Waals surface area contributed by atoms with E-state index in [2.05, 4.69) is 33.8 Å². The lowest BCUT2D eigenvalue weighted by molar-refractivity contribution is -0.135. The molecule has 0 fully saturated rings. The van der Waals surface area contributed by atoms with Gasteiger partial charge in [0.1, 0.15) is 11.6 Å². The number of hydrogen-bond donors (Lipinski definition) is 0. The molecule has 5 nitrogen and oxygen atoms in total. The van der Waals surface area contributed by atoms with Crippen molar-refractivity contribution in [3.63, 3.8) is 0 Å². The molecule has 0 radical (unpaired) electrons. The lowest BCUT2D eigenvalue weighted by Gasteiger charge is -2.59. The molecule has 2 aromatic rings. The van der Waals surface area contributed by atoms with Crippen LogP contribution in [0.3, 0.4) is 0 Å².